The lowest BCUT2D eigenvalue weighted by Crippen LogP contribution is -2.75. The minimum absolute atomic E-state index is 0.0671. The summed E-state index contributed by atoms with van der Waals surface area (Å²) < 4.78 is 0. The molecule has 3 aliphatic heterocycles. The van der Waals surface area contributed by atoms with Gasteiger partial charge >= 0.3 is 0 Å². The predicted molar refractivity (Wildman–Crippen MR) is 118 cm³/mol. The number of anilines is 1. The fourth-order valence-electron chi connectivity index (χ4n) is 4.90. The van der Waals surface area contributed by atoms with E-state index in [0.717, 1.165) is 25.8 Å². The van der Waals surface area contributed by atoms with E-state index in [-0.39, 0.29) is 24.5 Å². The Labute approximate surface area is 191 Å². The maximum atomic E-state index is 13.1. The predicted octanol–water partition coefficient (Wildman–Crippen LogP) is 2.28. The van der Waals surface area contributed by atoms with E-state index < -0.39 is 23.9 Å². The van der Waals surface area contributed by atoms with Crippen LogP contribution in [0.15, 0.2) is 18.2 Å². The molecule has 8 nitrogen and oxygen atoms in total. The fourth-order valence-corrected chi connectivity index (χ4v) is 5.43. The molecule has 3 heterocycles. The highest BCUT2D eigenvalue weighted by molar-refractivity contribution is 6.35. The number of likely N-dealkylation sites (tertiary alicyclic amines) is 1. The summed E-state index contributed by atoms with van der Waals surface area (Å²) in [5.41, 5.74) is 0.422. The number of carbonyl (C=O) groups excluding carboxylic acids is 3. The van der Waals surface area contributed by atoms with Crippen molar-refractivity contribution >= 4 is 46.6 Å². The third-order valence-corrected chi connectivity index (χ3v) is 6.81. The normalized spacial score (nSPS) is 31.4. The average Bonchev–Trinajstić information content (AvgIpc) is 2.71. The number of piperidine rings is 2. The minimum atomic E-state index is -0.812. The Bertz CT molecular complexity index is 862. The van der Waals surface area contributed by atoms with E-state index in [9.17, 15) is 14.4 Å². The molecule has 1 aromatic carbocycles. The number of hydrogen-bond acceptors (Lipinski definition) is 5. The maximum absolute atomic E-state index is 13.1. The third-order valence-electron chi connectivity index (χ3n) is 6.38. The first kappa shape index (κ1) is 22.3. The fraction of sp³-hybridized carbons (Fsp3) is 0.571. The molecule has 4 rings (SSSR count). The molecule has 0 aromatic heterocycles. The van der Waals surface area contributed by atoms with E-state index in [1.165, 1.54) is 6.42 Å². The Morgan fingerprint density at radius 1 is 1.16 bits per heavy atom. The topological polar surface area (TPSA) is 103 Å². The summed E-state index contributed by atoms with van der Waals surface area (Å²) in [6.45, 7) is 3.02. The van der Waals surface area contributed by atoms with Gasteiger partial charge in [0.05, 0.1) is 18.0 Å². The molecule has 1 aromatic rings. The molecular weight excluding hydrogens is 441 g/mol. The number of hydrogen-bond donors (Lipinski definition) is 4. The van der Waals surface area contributed by atoms with Crippen molar-refractivity contribution in [3.05, 3.63) is 28.2 Å². The van der Waals surface area contributed by atoms with Gasteiger partial charge in [0.2, 0.25) is 17.7 Å². The average molecular weight is 468 g/mol. The quantitative estimate of drug-likeness (QED) is 0.543. The van der Waals surface area contributed by atoms with E-state index in [0.29, 0.717) is 21.8 Å². The van der Waals surface area contributed by atoms with Crippen LogP contribution in [-0.2, 0) is 14.4 Å². The Kier molecular flexibility index (Phi) is 6.71. The van der Waals surface area contributed by atoms with E-state index in [4.69, 9.17) is 23.2 Å². The van der Waals surface area contributed by atoms with Gasteiger partial charge in [0.25, 0.3) is 0 Å². The van der Waals surface area contributed by atoms with Crippen LogP contribution in [0.2, 0.25) is 10.0 Å². The lowest BCUT2D eigenvalue weighted by atomic mass is 9.81. The van der Waals surface area contributed by atoms with Crippen LogP contribution in [0.5, 0.6) is 0 Å². The van der Waals surface area contributed by atoms with Gasteiger partial charge < -0.3 is 16.0 Å². The largest absolute Gasteiger partial charge is 0.340 e. The highest BCUT2D eigenvalue weighted by Gasteiger charge is 2.49. The number of benzene rings is 1. The summed E-state index contributed by atoms with van der Waals surface area (Å²) >= 11 is 12.0. The number of amides is 3. The van der Waals surface area contributed by atoms with Gasteiger partial charge in [0, 0.05) is 34.7 Å². The highest BCUT2D eigenvalue weighted by atomic mass is 35.5. The van der Waals surface area contributed by atoms with Crippen molar-refractivity contribution in [2.45, 2.75) is 57.5 Å². The molecule has 3 amide bonds. The number of nitrogens with zero attached hydrogens (tertiary/aromatic N) is 1. The second-order valence-corrected chi connectivity index (χ2v) is 9.28. The monoisotopic (exact) mass is 467 g/mol. The van der Waals surface area contributed by atoms with Crippen LogP contribution < -0.4 is 21.3 Å². The van der Waals surface area contributed by atoms with E-state index in [1.807, 2.05) is 0 Å². The van der Waals surface area contributed by atoms with Crippen molar-refractivity contribution in [1.29, 1.82) is 0 Å². The number of halogens is 2. The standard InChI is InChI=1S/C21H27Cl2N5O3/c1-2-14-5-3-4-6-28(14)21-26-18-17(20(31)27-21)15(10-16(29)25-18)19(30)24-13-8-11(22)7-12(23)9-13/h7-9,14-15,17-18,21,26H,2-6,10H2,1H3,(H,24,30)(H,25,29)(H,27,31). The molecule has 0 bridgehead atoms. The first-order valence-corrected chi connectivity index (χ1v) is 11.5. The van der Waals surface area contributed by atoms with Gasteiger partial charge in [-0.05, 0) is 37.5 Å². The summed E-state index contributed by atoms with van der Waals surface area (Å²) in [7, 11) is 0. The lowest BCUT2D eigenvalue weighted by molar-refractivity contribution is -0.148. The van der Waals surface area contributed by atoms with Crippen LogP contribution in [0, 0.1) is 11.8 Å². The van der Waals surface area contributed by atoms with Gasteiger partial charge in [-0.1, -0.05) is 36.5 Å². The first-order chi connectivity index (χ1) is 14.9. The van der Waals surface area contributed by atoms with Gasteiger partial charge in [0.1, 0.15) is 6.29 Å². The number of carbonyl (C=O) groups is 3. The van der Waals surface area contributed by atoms with Crippen molar-refractivity contribution in [2.75, 3.05) is 11.9 Å². The number of nitrogens with one attached hydrogen (secondary N) is 4. The summed E-state index contributed by atoms with van der Waals surface area (Å²) in [4.78, 5) is 40.8. The molecule has 0 saturated carbocycles. The molecule has 0 spiro atoms. The first-order valence-electron chi connectivity index (χ1n) is 10.7. The molecule has 3 aliphatic rings. The number of fused-ring (bicyclic) bond motifs is 1. The van der Waals surface area contributed by atoms with Gasteiger partial charge in [-0.2, -0.15) is 0 Å². The van der Waals surface area contributed by atoms with E-state index in [1.54, 1.807) is 18.2 Å². The molecule has 0 radical (unpaired) electrons. The van der Waals surface area contributed by atoms with Crippen LogP contribution >= 0.6 is 23.2 Å². The molecule has 5 unspecified atom stereocenters. The summed E-state index contributed by atoms with van der Waals surface area (Å²) in [6, 6.07) is 5.07. The third kappa shape index (κ3) is 4.82. The molecule has 168 valence electrons. The van der Waals surface area contributed by atoms with Crippen molar-refractivity contribution in [3.8, 4) is 0 Å². The van der Waals surface area contributed by atoms with E-state index >= 15 is 0 Å². The lowest BCUT2D eigenvalue weighted by Gasteiger charge is -2.49. The molecule has 31 heavy (non-hydrogen) atoms. The SMILES string of the molecule is CCC1CCCCN1C1NC(=O)C2C(NC(=O)CC2C(=O)Nc2cc(Cl)cc(Cl)c2)N1. The molecule has 4 N–H and O–H groups in total. The Morgan fingerprint density at radius 2 is 1.90 bits per heavy atom. The van der Waals surface area contributed by atoms with Crippen LogP contribution in [0.25, 0.3) is 0 Å². The molecular formula is C21H27Cl2N5O3. The Morgan fingerprint density at radius 3 is 2.61 bits per heavy atom. The Hall–Kier alpha value is -1.87. The maximum Gasteiger partial charge on any atom is 0.229 e. The van der Waals surface area contributed by atoms with Gasteiger partial charge in [-0.3, -0.25) is 24.6 Å². The summed E-state index contributed by atoms with van der Waals surface area (Å²) in [6.07, 6.45) is 3.26. The van der Waals surface area contributed by atoms with Crippen molar-refractivity contribution in [1.82, 2.24) is 20.9 Å². The second kappa shape index (κ2) is 9.32. The highest BCUT2D eigenvalue weighted by Crippen LogP contribution is 2.30. The van der Waals surface area contributed by atoms with Crippen LogP contribution in [0.3, 0.4) is 0 Å². The number of rotatable bonds is 4. The van der Waals surface area contributed by atoms with Crippen molar-refractivity contribution < 1.29 is 14.4 Å². The minimum Gasteiger partial charge on any atom is -0.340 e. The molecule has 0 aliphatic carbocycles. The summed E-state index contributed by atoms with van der Waals surface area (Å²) in [5.74, 6) is -2.44. The zero-order valence-corrected chi connectivity index (χ0v) is 18.8. The second-order valence-electron chi connectivity index (χ2n) is 8.40. The Balaban J connectivity index is 1.51. The smallest absolute Gasteiger partial charge is 0.229 e. The van der Waals surface area contributed by atoms with Gasteiger partial charge in [0.15, 0.2) is 0 Å². The van der Waals surface area contributed by atoms with E-state index in [2.05, 4.69) is 33.1 Å². The molecule has 3 fully saturated rings. The zero-order chi connectivity index (χ0) is 22.1. The van der Waals surface area contributed by atoms with Crippen LogP contribution in [0.4, 0.5) is 5.69 Å². The van der Waals surface area contributed by atoms with Crippen LogP contribution in [0.1, 0.15) is 39.0 Å². The zero-order valence-electron chi connectivity index (χ0n) is 17.3. The molecule has 5 atom stereocenters. The molecule has 10 heteroatoms. The summed E-state index contributed by atoms with van der Waals surface area (Å²) in [5, 5.41) is 12.8. The van der Waals surface area contributed by atoms with Gasteiger partial charge in [-0.25, -0.2) is 0 Å². The van der Waals surface area contributed by atoms with Crippen molar-refractivity contribution in [2.24, 2.45) is 11.8 Å². The van der Waals surface area contributed by atoms with Gasteiger partial charge in [-0.15, -0.1) is 0 Å². The van der Waals surface area contributed by atoms with Crippen molar-refractivity contribution in [3.63, 3.8) is 0 Å². The molecule has 3 saturated heterocycles. The van der Waals surface area contributed by atoms with Crippen LogP contribution in [-0.4, -0.2) is 47.7 Å².